The van der Waals surface area contributed by atoms with Gasteiger partial charge in [-0.1, -0.05) is 104 Å². The molecule has 0 aromatic rings. The molecule has 0 fully saturated rings. The fourth-order valence-corrected chi connectivity index (χ4v) is 3.68. The molecule has 0 saturated heterocycles. The van der Waals surface area contributed by atoms with E-state index in [0.29, 0.717) is 12.2 Å². The predicted octanol–water partition coefficient (Wildman–Crippen LogP) is 6.26. The Balaban J connectivity index is 0. The van der Waals surface area contributed by atoms with Crippen LogP contribution >= 0.6 is 0 Å². The molecule has 0 heterocycles. The Bertz CT molecular complexity index is 543. The molecule has 0 aromatic heterocycles. The maximum absolute atomic E-state index is 11.6. The van der Waals surface area contributed by atoms with Gasteiger partial charge in [-0.05, 0) is 12.8 Å². The fourth-order valence-electron chi connectivity index (χ4n) is 2.97. The fraction of sp³-hybridized carbons (Fsp3) is 0.833. The molecule has 0 bridgehead atoms. The SMILES string of the molecule is CCCCCCCCCCOS(=O)(=O)OCCCCCCCCCC.O=C(O)/C=C\C(=O)O. The predicted molar refractivity (Wildman–Crippen MR) is 130 cm³/mol. The van der Waals surface area contributed by atoms with E-state index >= 15 is 0 Å². The van der Waals surface area contributed by atoms with E-state index in [-0.39, 0.29) is 13.2 Å². The summed E-state index contributed by atoms with van der Waals surface area (Å²) in [6.45, 7) is 4.92. The first-order chi connectivity index (χ1) is 15.7. The van der Waals surface area contributed by atoms with Crippen molar-refractivity contribution in [1.29, 1.82) is 0 Å². The smallest absolute Gasteiger partial charge is 0.399 e. The Hall–Kier alpha value is -1.45. The third kappa shape index (κ3) is 32.8. The minimum atomic E-state index is -3.79. The Labute approximate surface area is 201 Å². The zero-order valence-electron chi connectivity index (χ0n) is 20.6. The third-order valence-corrected chi connectivity index (χ3v) is 5.73. The second kappa shape index (κ2) is 25.2. The molecule has 0 aliphatic carbocycles. The van der Waals surface area contributed by atoms with Gasteiger partial charge in [0.1, 0.15) is 0 Å². The van der Waals surface area contributed by atoms with Crippen molar-refractivity contribution >= 4 is 22.3 Å². The zero-order chi connectivity index (χ0) is 25.2. The van der Waals surface area contributed by atoms with Crippen molar-refractivity contribution in [1.82, 2.24) is 0 Å². The number of carboxylic acids is 2. The van der Waals surface area contributed by atoms with E-state index in [1.807, 2.05) is 0 Å². The Morgan fingerprint density at radius 3 is 1.12 bits per heavy atom. The number of rotatable bonds is 22. The van der Waals surface area contributed by atoms with Crippen LogP contribution < -0.4 is 0 Å². The van der Waals surface area contributed by atoms with Crippen LogP contribution in [0.2, 0.25) is 0 Å². The number of carboxylic acid groups (broad SMARTS) is 2. The topological polar surface area (TPSA) is 127 Å². The van der Waals surface area contributed by atoms with E-state index in [4.69, 9.17) is 18.6 Å². The summed E-state index contributed by atoms with van der Waals surface area (Å²) in [5, 5.41) is 15.6. The lowest BCUT2D eigenvalue weighted by atomic mass is 10.1. The standard InChI is InChI=1S/C20H42O4S.C4H4O4/c1-3-5-7-9-11-13-15-17-19-23-25(21,22)24-20-18-16-14-12-10-8-6-4-2;5-3(6)1-2-4(7)8/h3-20H2,1-2H3;1-2H,(H,5,6)(H,7,8)/b;2-1-. The lowest BCUT2D eigenvalue weighted by molar-refractivity contribution is -0.134. The van der Waals surface area contributed by atoms with Gasteiger partial charge in [0, 0.05) is 12.2 Å². The number of carbonyl (C=O) groups is 2. The van der Waals surface area contributed by atoms with Crippen molar-refractivity contribution in [3.63, 3.8) is 0 Å². The maximum atomic E-state index is 11.6. The zero-order valence-corrected chi connectivity index (χ0v) is 21.5. The molecule has 0 amide bonds. The van der Waals surface area contributed by atoms with Crippen molar-refractivity contribution in [3.8, 4) is 0 Å². The van der Waals surface area contributed by atoms with E-state index in [9.17, 15) is 18.0 Å². The van der Waals surface area contributed by atoms with Crippen molar-refractivity contribution in [2.24, 2.45) is 0 Å². The molecule has 0 aliphatic heterocycles. The highest BCUT2D eigenvalue weighted by Gasteiger charge is 2.11. The van der Waals surface area contributed by atoms with Gasteiger partial charge in [0.15, 0.2) is 0 Å². The van der Waals surface area contributed by atoms with Gasteiger partial charge in [0.2, 0.25) is 0 Å². The highest BCUT2D eigenvalue weighted by molar-refractivity contribution is 7.81. The number of hydrogen-bond donors (Lipinski definition) is 2. The Morgan fingerprint density at radius 2 is 0.848 bits per heavy atom. The molecule has 2 N–H and O–H groups in total. The Kier molecular flexibility index (Phi) is 25.7. The van der Waals surface area contributed by atoms with E-state index < -0.39 is 22.3 Å². The summed E-state index contributed by atoms with van der Waals surface area (Å²) in [6.07, 6.45) is 19.9. The second-order valence-electron chi connectivity index (χ2n) is 8.01. The van der Waals surface area contributed by atoms with Gasteiger partial charge in [-0.2, -0.15) is 8.42 Å². The van der Waals surface area contributed by atoms with Crippen molar-refractivity contribution in [2.45, 2.75) is 117 Å². The molecular weight excluding hydrogens is 448 g/mol. The first-order valence-corrected chi connectivity index (χ1v) is 13.8. The molecule has 0 radical (unpaired) electrons. The van der Waals surface area contributed by atoms with Crippen LogP contribution in [-0.4, -0.2) is 43.8 Å². The van der Waals surface area contributed by atoms with E-state index in [0.717, 1.165) is 38.5 Å². The summed E-state index contributed by atoms with van der Waals surface area (Å²) in [7, 11) is -3.79. The molecule has 0 aliphatic rings. The lowest BCUT2D eigenvalue weighted by Crippen LogP contribution is -2.12. The van der Waals surface area contributed by atoms with Crippen LogP contribution in [0, 0.1) is 0 Å². The molecule has 0 saturated carbocycles. The van der Waals surface area contributed by atoms with E-state index in [1.54, 1.807) is 0 Å². The molecule has 0 aromatic carbocycles. The summed E-state index contributed by atoms with van der Waals surface area (Å²) in [5.41, 5.74) is 0. The van der Waals surface area contributed by atoms with Gasteiger partial charge in [-0.25, -0.2) is 18.0 Å². The average molecular weight is 495 g/mol. The van der Waals surface area contributed by atoms with Crippen LogP contribution in [0.25, 0.3) is 0 Å². The molecule has 8 nitrogen and oxygen atoms in total. The molecule has 33 heavy (non-hydrogen) atoms. The molecule has 196 valence electrons. The monoisotopic (exact) mass is 494 g/mol. The van der Waals surface area contributed by atoms with Gasteiger partial charge < -0.3 is 10.2 Å². The molecule has 0 rings (SSSR count). The molecule has 9 heteroatoms. The van der Waals surface area contributed by atoms with Gasteiger partial charge in [0.05, 0.1) is 13.2 Å². The second-order valence-corrected chi connectivity index (χ2v) is 9.30. The highest BCUT2D eigenvalue weighted by atomic mass is 32.3. The normalized spacial score (nSPS) is 11.3. The van der Waals surface area contributed by atoms with Crippen LogP contribution in [0.3, 0.4) is 0 Å². The summed E-state index contributed by atoms with van der Waals surface area (Å²) >= 11 is 0. The minimum Gasteiger partial charge on any atom is -0.478 e. The lowest BCUT2D eigenvalue weighted by Gasteiger charge is -2.06. The van der Waals surface area contributed by atoms with Crippen molar-refractivity contribution in [2.75, 3.05) is 13.2 Å². The minimum absolute atomic E-state index is 0.245. The largest absolute Gasteiger partial charge is 0.478 e. The first kappa shape index (κ1) is 33.7. The van der Waals surface area contributed by atoms with Crippen LogP contribution in [0.15, 0.2) is 12.2 Å². The van der Waals surface area contributed by atoms with E-state index in [2.05, 4.69) is 13.8 Å². The summed E-state index contributed by atoms with van der Waals surface area (Å²) in [4.78, 5) is 19.1. The molecule has 0 atom stereocenters. The molecular formula is C24H46O8S. The third-order valence-electron chi connectivity index (χ3n) is 4.82. The summed E-state index contributed by atoms with van der Waals surface area (Å²) < 4.78 is 33.0. The van der Waals surface area contributed by atoms with Gasteiger partial charge in [0.25, 0.3) is 0 Å². The highest BCUT2D eigenvalue weighted by Crippen LogP contribution is 2.11. The Morgan fingerprint density at radius 1 is 0.576 bits per heavy atom. The van der Waals surface area contributed by atoms with Crippen LogP contribution in [0.1, 0.15) is 117 Å². The van der Waals surface area contributed by atoms with E-state index in [1.165, 1.54) is 64.2 Å². The number of unbranched alkanes of at least 4 members (excludes halogenated alkanes) is 14. The quantitative estimate of drug-likeness (QED) is 0.133. The van der Waals surface area contributed by atoms with Crippen molar-refractivity contribution in [3.05, 3.63) is 12.2 Å². The summed E-state index contributed by atoms with van der Waals surface area (Å²) in [5.74, 6) is -2.51. The molecule has 0 spiro atoms. The van der Waals surface area contributed by atoms with Gasteiger partial charge in [-0.15, -0.1) is 0 Å². The van der Waals surface area contributed by atoms with Gasteiger partial charge >= 0.3 is 22.3 Å². The maximum Gasteiger partial charge on any atom is 0.399 e. The molecule has 0 unspecified atom stereocenters. The number of hydrogen-bond acceptors (Lipinski definition) is 6. The van der Waals surface area contributed by atoms with Crippen LogP contribution in [0.4, 0.5) is 0 Å². The van der Waals surface area contributed by atoms with Crippen molar-refractivity contribution < 1.29 is 36.6 Å². The average Bonchev–Trinajstić information content (AvgIpc) is 2.76. The van der Waals surface area contributed by atoms with Gasteiger partial charge in [-0.3, -0.25) is 0 Å². The summed E-state index contributed by atoms with van der Waals surface area (Å²) in [6, 6.07) is 0. The number of aliphatic carboxylic acids is 2. The van der Waals surface area contributed by atoms with Crippen LogP contribution in [-0.2, 0) is 28.4 Å². The van der Waals surface area contributed by atoms with Crippen LogP contribution in [0.5, 0.6) is 0 Å². The first-order valence-electron chi connectivity index (χ1n) is 12.4.